The Balaban J connectivity index is 2.23. The van der Waals surface area contributed by atoms with Gasteiger partial charge in [0.05, 0.1) is 6.61 Å². The summed E-state index contributed by atoms with van der Waals surface area (Å²) in [5.41, 5.74) is 1.25. The van der Waals surface area contributed by atoms with Crippen molar-refractivity contribution < 1.29 is 9.47 Å². The summed E-state index contributed by atoms with van der Waals surface area (Å²) in [5, 5.41) is 3.27. The molecule has 0 amide bonds. The molecule has 3 heteroatoms. The van der Waals surface area contributed by atoms with Crippen LogP contribution in [0.4, 0.5) is 0 Å². The highest BCUT2D eigenvalue weighted by Crippen LogP contribution is 2.12. The lowest BCUT2D eigenvalue weighted by Gasteiger charge is -2.15. The first kappa shape index (κ1) is 13.0. The monoisotopic (exact) mass is 223 g/mol. The highest BCUT2D eigenvalue weighted by molar-refractivity contribution is 5.26. The molecule has 0 heterocycles. The van der Waals surface area contributed by atoms with Crippen molar-refractivity contribution in [1.82, 2.24) is 5.32 Å². The van der Waals surface area contributed by atoms with E-state index >= 15 is 0 Å². The van der Waals surface area contributed by atoms with Gasteiger partial charge in [0.2, 0.25) is 0 Å². The normalized spacial score (nSPS) is 12.4. The van der Waals surface area contributed by atoms with Crippen LogP contribution in [0.1, 0.15) is 12.5 Å². The Labute approximate surface area is 97.8 Å². The van der Waals surface area contributed by atoms with Crippen LogP contribution in [0.15, 0.2) is 24.3 Å². The summed E-state index contributed by atoms with van der Waals surface area (Å²) >= 11 is 0. The van der Waals surface area contributed by atoms with Crippen molar-refractivity contribution in [2.75, 3.05) is 26.8 Å². The van der Waals surface area contributed by atoms with Gasteiger partial charge in [0.25, 0.3) is 0 Å². The van der Waals surface area contributed by atoms with Gasteiger partial charge in [0.15, 0.2) is 0 Å². The van der Waals surface area contributed by atoms with E-state index in [0.717, 1.165) is 25.4 Å². The molecule has 0 spiro atoms. The summed E-state index contributed by atoms with van der Waals surface area (Å²) in [7, 11) is 1.70. The Kier molecular flexibility index (Phi) is 5.90. The fraction of sp³-hybridized carbons (Fsp3) is 0.538. The minimum absolute atomic E-state index is 0.166. The first-order valence-electron chi connectivity index (χ1n) is 5.65. The van der Waals surface area contributed by atoms with E-state index < -0.39 is 0 Å². The summed E-state index contributed by atoms with van der Waals surface area (Å²) < 4.78 is 10.7. The number of hydrogen-bond acceptors (Lipinski definition) is 3. The Morgan fingerprint density at radius 3 is 2.56 bits per heavy atom. The predicted octanol–water partition coefficient (Wildman–Crippen LogP) is 2.00. The number of benzene rings is 1. The molecule has 0 aliphatic carbocycles. The lowest BCUT2D eigenvalue weighted by molar-refractivity contribution is 0.184. The van der Waals surface area contributed by atoms with Crippen LogP contribution in [-0.4, -0.2) is 32.9 Å². The average molecular weight is 223 g/mol. The highest BCUT2D eigenvalue weighted by atomic mass is 16.5. The summed E-state index contributed by atoms with van der Waals surface area (Å²) in [6, 6.07) is 8.11. The largest absolute Gasteiger partial charge is 0.489 e. The number of rotatable bonds is 7. The molecule has 16 heavy (non-hydrogen) atoms. The Hall–Kier alpha value is -1.06. The SMILES string of the molecule is COCCNCC(C)Oc1ccc(C)cc1. The van der Waals surface area contributed by atoms with Crippen molar-refractivity contribution in [3.8, 4) is 5.75 Å². The fourth-order valence-corrected chi connectivity index (χ4v) is 1.37. The topological polar surface area (TPSA) is 30.5 Å². The first-order chi connectivity index (χ1) is 7.72. The molecule has 0 saturated carbocycles. The zero-order valence-corrected chi connectivity index (χ0v) is 10.3. The maximum atomic E-state index is 5.75. The highest BCUT2D eigenvalue weighted by Gasteiger charge is 2.02. The van der Waals surface area contributed by atoms with Crippen LogP contribution in [0.25, 0.3) is 0 Å². The van der Waals surface area contributed by atoms with Crippen molar-refractivity contribution in [1.29, 1.82) is 0 Å². The molecule has 1 unspecified atom stereocenters. The van der Waals surface area contributed by atoms with E-state index in [0.29, 0.717) is 0 Å². The average Bonchev–Trinajstić information content (AvgIpc) is 2.28. The third kappa shape index (κ3) is 5.14. The molecule has 1 aromatic rings. The number of aryl methyl sites for hydroxylation is 1. The zero-order chi connectivity index (χ0) is 11.8. The van der Waals surface area contributed by atoms with Crippen LogP contribution in [0.5, 0.6) is 5.75 Å². The van der Waals surface area contributed by atoms with Crippen molar-refractivity contribution in [3.05, 3.63) is 29.8 Å². The molecular formula is C13H21NO2. The number of hydrogen-bond donors (Lipinski definition) is 1. The van der Waals surface area contributed by atoms with E-state index in [1.165, 1.54) is 5.56 Å². The van der Waals surface area contributed by atoms with Crippen molar-refractivity contribution in [2.45, 2.75) is 20.0 Å². The second-order valence-corrected chi connectivity index (χ2v) is 3.94. The van der Waals surface area contributed by atoms with Gasteiger partial charge in [0, 0.05) is 20.2 Å². The first-order valence-corrected chi connectivity index (χ1v) is 5.65. The lowest BCUT2D eigenvalue weighted by Crippen LogP contribution is -2.31. The van der Waals surface area contributed by atoms with Crippen molar-refractivity contribution >= 4 is 0 Å². The summed E-state index contributed by atoms with van der Waals surface area (Å²) in [6.45, 7) is 6.55. The Morgan fingerprint density at radius 1 is 1.25 bits per heavy atom. The van der Waals surface area contributed by atoms with Crippen LogP contribution < -0.4 is 10.1 Å². The molecule has 1 aromatic carbocycles. The van der Waals surface area contributed by atoms with E-state index in [1.54, 1.807) is 7.11 Å². The molecule has 0 aliphatic heterocycles. The van der Waals surface area contributed by atoms with E-state index in [4.69, 9.17) is 9.47 Å². The molecule has 1 rings (SSSR count). The molecule has 0 saturated heterocycles. The molecular weight excluding hydrogens is 202 g/mol. The molecule has 1 N–H and O–H groups in total. The van der Waals surface area contributed by atoms with Crippen molar-refractivity contribution in [3.63, 3.8) is 0 Å². The van der Waals surface area contributed by atoms with Gasteiger partial charge < -0.3 is 14.8 Å². The zero-order valence-electron chi connectivity index (χ0n) is 10.3. The van der Waals surface area contributed by atoms with E-state index in [9.17, 15) is 0 Å². The molecule has 0 bridgehead atoms. The van der Waals surface area contributed by atoms with Gasteiger partial charge in [-0.2, -0.15) is 0 Å². The Bertz CT molecular complexity index is 284. The van der Waals surface area contributed by atoms with Gasteiger partial charge in [0.1, 0.15) is 11.9 Å². The maximum absolute atomic E-state index is 5.75. The van der Waals surface area contributed by atoms with Crippen LogP contribution in [0, 0.1) is 6.92 Å². The molecule has 1 atom stereocenters. The van der Waals surface area contributed by atoms with E-state index in [-0.39, 0.29) is 6.10 Å². The fourth-order valence-electron chi connectivity index (χ4n) is 1.37. The lowest BCUT2D eigenvalue weighted by atomic mass is 10.2. The van der Waals surface area contributed by atoms with Crippen LogP contribution in [0.2, 0.25) is 0 Å². The van der Waals surface area contributed by atoms with Gasteiger partial charge in [-0.25, -0.2) is 0 Å². The molecule has 90 valence electrons. The second-order valence-electron chi connectivity index (χ2n) is 3.94. The number of methoxy groups -OCH3 is 1. The minimum Gasteiger partial charge on any atom is -0.489 e. The van der Waals surface area contributed by atoms with Gasteiger partial charge in [-0.3, -0.25) is 0 Å². The molecule has 0 radical (unpaired) electrons. The molecule has 0 fully saturated rings. The predicted molar refractivity (Wildman–Crippen MR) is 66.0 cm³/mol. The third-order valence-electron chi connectivity index (χ3n) is 2.27. The molecule has 0 aromatic heterocycles. The van der Waals surface area contributed by atoms with E-state index in [1.807, 2.05) is 12.1 Å². The van der Waals surface area contributed by atoms with Crippen molar-refractivity contribution in [2.24, 2.45) is 0 Å². The van der Waals surface area contributed by atoms with Crippen LogP contribution >= 0.6 is 0 Å². The van der Waals surface area contributed by atoms with Gasteiger partial charge in [-0.15, -0.1) is 0 Å². The number of ether oxygens (including phenoxy) is 2. The standard InChI is InChI=1S/C13H21NO2/c1-11-4-6-13(7-5-11)16-12(2)10-14-8-9-15-3/h4-7,12,14H,8-10H2,1-3H3. The number of nitrogens with one attached hydrogen (secondary N) is 1. The summed E-state index contributed by atoms with van der Waals surface area (Å²) in [4.78, 5) is 0. The van der Waals surface area contributed by atoms with E-state index in [2.05, 4.69) is 31.3 Å². The van der Waals surface area contributed by atoms with Gasteiger partial charge in [-0.05, 0) is 26.0 Å². The van der Waals surface area contributed by atoms with Gasteiger partial charge in [-0.1, -0.05) is 17.7 Å². The minimum atomic E-state index is 0.166. The molecule has 3 nitrogen and oxygen atoms in total. The van der Waals surface area contributed by atoms with Crippen LogP contribution in [-0.2, 0) is 4.74 Å². The molecule has 0 aliphatic rings. The third-order valence-corrected chi connectivity index (χ3v) is 2.27. The smallest absolute Gasteiger partial charge is 0.119 e. The van der Waals surface area contributed by atoms with Crippen LogP contribution in [0.3, 0.4) is 0 Å². The summed E-state index contributed by atoms with van der Waals surface area (Å²) in [6.07, 6.45) is 0.166. The maximum Gasteiger partial charge on any atom is 0.119 e. The Morgan fingerprint density at radius 2 is 1.94 bits per heavy atom. The second kappa shape index (κ2) is 7.25. The van der Waals surface area contributed by atoms with Gasteiger partial charge >= 0.3 is 0 Å². The summed E-state index contributed by atoms with van der Waals surface area (Å²) in [5.74, 6) is 0.923. The quantitative estimate of drug-likeness (QED) is 0.717.